The van der Waals surface area contributed by atoms with Gasteiger partial charge in [-0.3, -0.25) is 0 Å². The summed E-state index contributed by atoms with van der Waals surface area (Å²) >= 11 is 8.02. The quantitative estimate of drug-likeness (QED) is 0.211. The number of rotatable bonds is 5. The van der Waals surface area contributed by atoms with Crippen LogP contribution in [0, 0.1) is 6.92 Å². The van der Waals surface area contributed by atoms with Crippen LogP contribution in [0.1, 0.15) is 11.1 Å². The van der Waals surface area contributed by atoms with Crippen molar-refractivity contribution in [3.8, 4) is 16.8 Å². The van der Waals surface area contributed by atoms with Crippen LogP contribution in [0.25, 0.3) is 27.8 Å². The fourth-order valence-corrected chi connectivity index (χ4v) is 4.79. The number of hydrogen-bond donors (Lipinski definition) is 0. The number of hydrogen-bond acceptors (Lipinski definition) is 3. The van der Waals surface area contributed by atoms with Crippen molar-refractivity contribution in [2.75, 3.05) is 0 Å². The summed E-state index contributed by atoms with van der Waals surface area (Å²) in [6.07, 6.45) is 3.78. The molecule has 0 unspecified atom stereocenters. The minimum Gasteiger partial charge on any atom is -0.301 e. The van der Waals surface area contributed by atoms with E-state index in [1.165, 1.54) is 11.1 Å². The number of fused-ring (bicyclic) bond motifs is 1. The van der Waals surface area contributed by atoms with Gasteiger partial charge in [-0.1, -0.05) is 77.8 Å². The van der Waals surface area contributed by atoms with Gasteiger partial charge in [0.1, 0.15) is 17.0 Å². The molecule has 0 atom stereocenters. The number of nitrogens with zero attached hydrogens (tertiary/aromatic N) is 3. The van der Waals surface area contributed by atoms with E-state index < -0.39 is 0 Å². The van der Waals surface area contributed by atoms with Gasteiger partial charge in [-0.2, -0.15) is 0 Å². The van der Waals surface area contributed by atoms with Crippen molar-refractivity contribution in [2.45, 2.75) is 17.7 Å². The molecule has 0 amide bonds. The van der Waals surface area contributed by atoms with Crippen LogP contribution < -0.4 is 0 Å². The van der Waals surface area contributed by atoms with Crippen LogP contribution in [0.5, 0.6) is 0 Å². The van der Waals surface area contributed by atoms with Crippen molar-refractivity contribution in [1.82, 2.24) is 14.5 Å². The Morgan fingerprint density at radius 3 is 2.48 bits per heavy atom. The second-order valence-corrected chi connectivity index (χ2v) is 8.81. The lowest BCUT2D eigenvalue weighted by molar-refractivity contribution is 1.04. The van der Waals surface area contributed by atoms with Crippen LogP contribution in [0.3, 0.4) is 0 Å². The summed E-state index contributed by atoms with van der Waals surface area (Å²) in [5.41, 5.74) is 6.65. The Labute approximate surface area is 190 Å². The summed E-state index contributed by atoms with van der Waals surface area (Å²) in [6.45, 7) is 2.11. The largest absolute Gasteiger partial charge is 0.301 e. The van der Waals surface area contributed by atoms with Crippen LogP contribution in [0.2, 0.25) is 5.02 Å². The van der Waals surface area contributed by atoms with Gasteiger partial charge in [0, 0.05) is 28.2 Å². The van der Waals surface area contributed by atoms with Crippen LogP contribution in [0.15, 0.2) is 96.4 Å². The Balaban J connectivity index is 1.65. The van der Waals surface area contributed by atoms with E-state index in [-0.39, 0.29) is 0 Å². The molecule has 152 valence electrons. The van der Waals surface area contributed by atoms with Crippen molar-refractivity contribution in [1.29, 1.82) is 0 Å². The van der Waals surface area contributed by atoms with Crippen molar-refractivity contribution in [3.05, 3.63) is 108 Å². The van der Waals surface area contributed by atoms with Gasteiger partial charge >= 0.3 is 0 Å². The molecule has 0 aliphatic rings. The smallest absolute Gasteiger partial charge is 0.149 e. The number of aryl methyl sites for hydroxylation is 1. The first-order chi connectivity index (χ1) is 15.2. The molecular weight excluding hydrogens is 422 g/mol. The Kier molecular flexibility index (Phi) is 5.49. The van der Waals surface area contributed by atoms with Gasteiger partial charge in [-0.15, -0.1) is 11.8 Å². The Morgan fingerprint density at radius 1 is 0.903 bits per heavy atom. The van der Waals surface area contributed by atoms with Gasteiger partial charge in [-0.05, 0) is 36.2 Å². The van der Waals surface area contributed by atoms with Gasteiger partial charge < -0.3 is 4.57 Å². The maximum Gasteiger partial charge on any atom is 0.149 e. The fourth-order valence-electron chi connectivity index (χ4n) is 3.64. The predicted molar refractivity (Wildman–Crippen MR) is 130 cm³/mol. The SMILES string of the molecule is Cc1ccc(CSc2ncnc3c2c(-c2ccccc2)cn3-c2cccc(Cl)c2)cc1. The molecule has 0 saturated carbocycles. The van der Waals surface area contributed by atoms with Gasteiger partial charge in [0.25, 0.3) is 0 Å². The molecule has 0 saturated heterocycles. The van der Waals surface area contributed by atoms with E-state index in [9.17, 15) is 0 Å². The number of benzene rings is 3. The molecule has 0 radical (unpaired) electrons. The van der Waals surface area contributed by atoms with Crippen LogP contribution >= 0.6 is 23.4 Å². The van der Waals surface area contributed by atoms with Crippen molar-refractivity contribution >= 4 is 34.4 Å². The second-order valence-electron chi connectivity index (χ2n) is 7.41. The average molecular weight is 442 g/mol. The standard InChI is InChI=1S/C26H20ClN3S/c1-18-10-12-19(13-11-18)16-31-26-24-23(20-6-3-2-4-7-20)15-30(25(24)28-17-29-26)22-9-5-8-21(27)14-22/h2-15,17H,16H2,1H3. The first-order valence-electron chi connectivity index (χ1n) is 10.0. The second kappa shape index (κ2) is 8.58. The van der Waals surface area contributed by atoms with Gasteiger partial charge in [-0.25, -0.2) is 9.97 Å². The topological polar surface area (TPSA) is 30.7 Å². The Morgan fingerprint density at radius 2 is 1.71 bits per heavy atom. The maximum atomic E-state index is 6.28. The van der Waals surface area contributed by atoms with Gasteiger partial charge in [0.2, 0.25) is 0 Å². The molecular formula is C26H20ClN3S. The third-order valence-corrected chi connectivity index (χ3v) is 6.51. The number of thioether (sulfide) groups is 1. The highest BCUT2D eigenvalue weighted by Crippen LogP contribution is 2.37. The zero-order valence-corrected chi connectivity index (χ0v) is 18.6. The van der Waals surface area contributed by atoms with Crippen LogP contribution in [-0.2, 0) is 5.75 Å². The van der Waals surface area contributed by atoms with E-state index in [2.05, 4.69) is 76.2 Å². The van der Waals surface area contributed by atoms with E-state index in [0.29, 0.717) is 5.02 Å². The first-order valence-corrected chi connectivity index (χ1v) is 11.4. The zero-order chi connectivity index (χ0) is 21.2. The van der Waals surface area contributed by atoms with Crippen molar-refractivity contribution in [3.63, 3.8) is 0 Å². The number of aromatic nitrogens is 3. The van der Waals surface area contributed by atoms with E-state index in [1.807, 2.05) is 30.3 Å². The lowest BCUT2D eigenvalue weighted by atomic mass is 10.1. The maximum absolute atomic E-state index is 6.28. The molecule has 31 heavy (non-hydrogen) atoms. The highest BCUT2D eigenvalue weighted by molar-refractivity contribution is 7.98. The van der Waals surface area contributed by atoms with E-state index >= 15 is 0 Å². The third-order valence-electron chi connectivity index (χ3n) is 5.22. The summed E-state index contributed by atoms with van der Waals surface area (Å²) in [7, 11) is 0. The summed E-state index contributed by atoms with van der Waals surface area (Å²) in [5.74, 6) is 0.850. The van der Waals surface area contributed by atoms with E-state index in [4.69, 9.17) is 11.6 Å². The lowest BCUT2D eigenvalue weighted by Crippen LogP contribution is -1.95. The lowest BCUT2D eigenvalue weighted by Gasteiger charge is -2.07. The molecule has 0 bridgehead atoms. The predicted octanol–water partition coefficient (Wildman–Crippen LogP) is 7.34. The summed E-state index contributed by atoms with van der Waals surface area (Å²) in [4.78, 5) is 9.32. The molecule has 0 fully saturated rings. The van der Waals surface area contributed by atoms with Gasteiger partial charge in [0.15, 0.2) is 0 Å². The molecule has 2 heterocycles. The third kappa shape index (κ3) is 4.09. The highest BCUT2D eigenvalue weighted by atomic mass is 35.5. The molecule has 3 aromatic carbocycles. The van der Waals surface area contributed by atoms with Crippen molar-refractivity contribution < 1.29 is 0 Å². The summed E-state index contributed by atoms with van der Waals surface area (Å²) in [5, 5.41) is 2.74. The Hall–Kier alpha value is -3.08. The molecule has 2 aromatic heterocycles. The molecule has 0 spiro atoms. The van der Waals surface area contributed by atoms with Crippen molar-refractivity contribution in [2.24, 2.45) is 0 Å². The van der Waals surface area contributed by atoms with Gasteiger partial charge in [0.05, 0.1) is 5.39 Å². The molecule has 5 rings (SSSR count). The molecule has 0 aliphatic heterocycles. The fraction of sp³-hybridized carbons (Fsp3) is 0.0769. The molecule has 0 N–H and O–H groups in total. The zero-order valence-electron chi connectivity index (χ0n) is 17.0. The molecule has 5 aromatic rings. The van der Waals surface area contributed by atoms with Crippen LogP contribution in [0.4, 0.5) is 0 Å². The Bertz CT molecular complexity index is 1340. The van der Waals surface area contributed by atoms with E-state index in [0.717, 1.165) is 38.6 Å². The highest BCUT2D eigenvalue weighted by Gasteiger charge is 2.17. The molecule has 0 aliphatic carbocycles. The monoisotopic (exact) mass is 441 g/mol. The minimum absolute atomic E-state index is 0.698. The minimum atomic E-state index is 0.698. The summed E-state index contributed by atoms with van der Waals surface area (Å²) in [6, 6.07) is 26.9. The average Bonchev–Trinajstić information content (AvgIpc) is 3.20. The molecule has 3 nitrogen and oxygen atoms in total. The summed E-state index contributed by atoms with van der Waals surface area (Å²) < 4.78 is 2.10. The number of halogens is 1. The molecule has 5 heteroatoms. The first kappa shape index (κ1) is 19.9. The normalized spacial score (nSPS) is 11.2. The van der Waals surface area contributed by atoms with Crippen LogP contribution in [-0.4, -0.2) is 14.5 Å². The van der Waals surface area contributed by atoms with E-state index in [1.54, 1.807) is 18.1 Å².